The molecule has 1 aliphatic heterocycles. The molecule has 2 aliphatic rings. The molecule has 1 N–H and O–H groups in total. The van der Waals surface area contributed by atoms with E-state index in [1.807, 2.05) is 19.9 Å². The standard InChI is InChI=1S/C12H13NO2/c1-7-3-9-5-10(6-14)12(15)13-11(9)4-8(7)2/h3-5,9,14H,6H2,1-2H3. The molecule has 0 aromatic heterocycles. The van der Waals surface area contributed by atoms with Crippen LogP contribution in [0.4, 0.5) is 0 Å². The van der Waals surface area contributed by atoms with Crippen molar-refractivity contribution in [2.45, 2.75) is 13.8 Å². The highest BCUT2D eigenvalue weighted by molar-refractivity contribution is 6.13. The predicted molar refractivity (Wildman–Crippen MR) is 58.6 cm³/mol. The Balaban J connectivity index is 2.41. The molecular weight excluding hydrogens is 190 g/mol. The van der Waals surface area contributed by atoms with E-state index in [1.165, 1.54) is 5.57 Å². The van der Waals surface area contributed by atoms with Crippen LogP contribution in [0.5, 0.6) is 0 Å². The first-order valence-corrected chi connectivity index (χ1v) is 4.93. The van der Waals surface area contributed by atoms with Crippen LogP contribution in [0.25, 0.3) is 0 Å². The van der Waals surface area contributed by atoms with E-state index in [0.717, 1.165) is 11.3 Å². The van der Waals surface area contributed by atoms with Crippen molar-refractivity contribution in [1.29, 1.82) is 0 Å². The molecular formula is C12H13NO2. The van der Waals surface area contributed by atoms with Crippen LogP contribution < -0.4 is 0 Å². The minimum absolute atomic E-state index is 0.0496. The summed E-state index contributed by atoms with van der Waals surface area (Å²) >= 11 is 0. The van der Waals surface area contributed by atoms with E-state index < -0.39 is 0 Å². The van der Waals surface area contributed by atoms with Gasteiger partial charge in [-0.1, -0.05) is 17.7 Å². The smallest absolute Gasteiger partial charge is 0.275 e. The maximum absolute atomic E-state index is 11.4. The van der Waals surface area contributed by atoms with Gasteiger partial charge in [0.2, 0.25) is 0 Å². The van der Waals surface area contributed by atoms with Gasteiger partial charge in [-0.25, -0.2) is 4.99 Å². The van der Waals surface area contributed by atoms with E-state index in [4.69, 9.17) is 5.11 Å². The van der Waals surface area contributed by atoms with Crippen LogP contribution in [0.2, 0.25) is 0 Å². The number of dihydropyridines is 1. The summed E-state index contributed by atoms with van der Waals surface area (Å²) < 4.78 is 0. The van der Waals surface area contributed by atoms with Gasteiger partial charge in [0.1, 0.15) is 0 Å². The Morgan fingerprint density at radius 2 is 2.07 bits per heavy atom. The summed E-state index contributed by atoms with van der Waals surface area (Å²) in [5, 5.41) is 8.98. The van der Waals surface area contributed by atoms with Crippen molar-refractivity contribution in [3.63, 3.8) is 0 Å². The number of aliphatic hydroxyl groups is 1. The zero-order chi connectivity index (χ0) is 11.0. The summed E-state index contributed by atoms with van der Waals surface area (Å²) in [6, 6.07) is 0. The number of aliphatic hydroxyl groups excluding tert-OH is 1. The second kappa shape index (κ2) is 3.59. The van der Waals surface area contributed by atoms with Gasteiger partial charge >= 0.3 is 0 Å². The molecule has 1 aliphatic carbocycles. The Morgan fingerprint density at radius 3 is 2.73 bits per heavy atom. The Hall–Kier alpha value is -1.48. The number of hydrogen-bond donors (Lipinski definition) is 1. The van der Waals surface area contributed by atoms with Gasteiger partial charge in [-0.3, -0.25) is 4.79 Å². The number of aliphatic imine (C=N–C) groups is 1. The van der Waals surface area contributed by atoms with Crippen molar-refractivity contribution < 1.29 is 9.90 Å². The van der Waals surface area contributed by atoms with Crippen LogP contribution in [0.3, 0.4) is 0 Å². The first-order chi connectivity index (χ1) is 7.11. The number of hydrogen-bond acceptors (Lipinski definition) is 2. The van der Waals surface area contributed by atoms with Gasteiger partial charge in [0.25, 0.3) is 5.91 Å². The van der Waals surface area contributed by atoms with Crippen LogP contribution in [0.1, 0.15) is 13.8 Å². The monoisotopic (exact) mass is 203 g/mol. The van der Waals surface area contributed by atoms with Crippen molar-refractivity contribution >= 4 is 11.6 Å². The first kappa shape index (κ1) is 10.1. The van der Waals surface area contributed by atoms with Gasteiger partial charge < -0.3 is 5.11 Å². The first-order valence-electron chi connectivity index (χ1n) is 4.93. The number of rotatable bonds is 1. The van der Waals surface area contributed by atoms with E-state index in [1.54, 1.807) is 6.08 Å². The molecule has 0 spiro atoms. The highest BCUT2D eigenvalue weighted by atomic mass is 16.3. The van der Waals surface area contributed by atoms with Crippen LogP contribution in [-0.4, -0.2) is 23.3 Å². The lowest BCUT2D eigenvalue weighted by Gasteiger charge is -2.21. The zero-order valence-electron chi connectivity index (χ0n) is 8.82. The Bertz CT molecular complexity index is 439. The zero-order valence-corrected chi connectivity index (χ0v) is 8.82. The van der Waals surface area contributed by atoms with Gasteiger partial charge in [0.05, 0.1) is 12.3 Å². The fourth-order valence-corrected chi connectivity index (χ4v) is 1.76. The SMILES string of the molecule is CC1=CC2=NC(=O)C(CO)=CC2C=C1C. The Labute approximate surface area is 88.5 Å². The Morgan fingerprint density at radius 1 is 1.33 bits per heavy atom. The minimum atomic E-state index is -0.319. The second-order valence-corrected chi connectivity index (χ2v) is 3.89. The largest absolute Gasteiger partial charge is 0.391 e. The van der Waals surface area contributed by atoms with E-state index in [2.05, 4.69) is 11.1 Å². The maximum Gasteiger partial charge on any atom is 0.275 e. The van der Waals surface area contributed by atoms with Crippen LogP contribution in [0, 0.1) is 5.92 Å². The summed E-state index contributed by atoms with van der Waals surface area (Å²) in [5.41, 5.74) is 3.50. The van der Waals surface area contributed by atoms with E-state index in [0.29, 0.717) is 5.57 Å². The van der Waals surface area contributed by atoms with E-state index in [9.17, 15) is 4.79 Å². The van der Waals surface area contributed by atoms with Crippen molar-refractivity contribution in [1.82, 2.24) is 0 Å². The molecule has 1 amide bonds. The van der Waals surface area contributed by atoms with Crippen molar-refractivity contribution in [3.8, 4) is 0 Å². The third-order valence-corrected chi connectivity index (χ3v) is 2.81. The number of allylic oxidation sites excluding steroid dienone is 5. The molecule has 0 fully saturated rings. The molecule has 3 heteroatoms. The third kappa shape index (κ3) is 1.70. The molecule has 1 unspecified atom stereocenters. The summed E-state index contributed by atoms with van der Waals surface area (Å²) in [6.45, 7) is 3.80. The summed E-state index contributed by atoms with van der Waals surface area (Å²) in [6.07, 6.45) is 5.79. The fraction of sp³-hybridized carbons (Fsp3) is 0.333. The van der Waals surface area contributed by atoms with E-state index >= 15 is 0 Å². The molecule has 1 heterocycles. The predicted octanol–water partition coefficient (Wildman–Crippen LogP) is 1.41. The second-order valence-electron chi connectivity index (χ2n) is 3.89. The highest BCUT2D eigenvalue weighted by Gasteiger charge is 2.23. The van der Waals surface area contributed by atoms with Gasteiger partial charge in [-0.05, 0) is 25.5 Å². The molecule has 15 heavy (non-hydrogen) atoms. The summed E-state index contributed by atoms with van der Waals surface area (Å²) in [7, 11) is 0. The molecule has 0 bridgehead atoms. The molecule has 3 nitrogen and oxygen atoms in total. The average Bonchev–Trinajstić information content (AvgIpc) is 2.20. The van der Waals surface area contributed by atoms with Gasteiger partial charge in [-0.2, -0.15) is 0 Å². The normalized spacial score (nSPS) is 25.0. The lowest BCUT2D eigenvalue weighted by atomic mass is 9.87. The topological polar surface area (TPSA) is 49.7 Å². The molecule has 0 aromatic rings. The van der Waals surface area contributed by atoms with Crippen molar-refractivity contribution in [2.75, 3.05) is 6.61 Å². The van der Waals surface area contributed by atoms with Gasteiger partial charge in [-0.15, -0.1) is 0 Å². The Kier molecular flexibility index (Phi) is 2.40. The molecule has 0 radical (unpaired) electrons. The minimum Gasteiger partial charge on any atom is -0.391 e. The summed E-state index contributed by atoms with van der Waals surface area (Å²) in [4.78, 5) is 15.4. The van der Waals surface area contributed by atoms with Gasteiger partial charge in [0, 0.05) is 11.5 Å². The molecule has 78 valence electrons. The number of nitrogens with zero attached hydrogens (tertiary/aromatic N) is 1. The average molecular weight is 203 g/mol. The van der Waals surface area contributed by atoms with Crippen molar-refractivity contribution in [3.05, 3.63) is 34.9 Å². The molecule has 0 saturated heterocycles. The van der Waals surface area contributed by atoms with Crippen LogP contribution in [0.15, 0.2) is 39.9 Å². The van der Waals surface area contributed by atoms with Crippen LogP contribution >= 0.6 is 0 Å². The molecule has 0 aromatic carbocycles. The van der Waals surface area contributed by atoms with Crippen LogP contribution in [-0.2, 0) is 4.79 Å². The third-order valence-electron chi connectivity index (χ3n) is 2.81. The van der Waals surface area contributed by atoms with E-state index in [-0.39, 0.29) is 18.4 Å². The quantitative estimate of drug-likeness (QED) is 0.700. The molecule has 2 rings (SSSR count). The lowest BCUT2D eigenvalue weighted by molar-refractivity contribution is -0.114. The van der Waals surface area contributed by atoms with Gasteiger partial charge in [0.15, 0.2) is 0 Å². The highest BCUT2D eigenvalue weighted by Crippen LogP contribution is 2.25. The number of fused-ring (bicyclic) bond motifs is 1. The van der Waals surface area contributed by atoms with Crippen molar-refractivity contribution in [2.24, 2.45) is 10.9 Å². The number of carbonyl (C=O) groups excluding carboxylic acids is 1. The molecule has 0 saturated carbocycles. The molecule has 1 atom stereocenters. The lowest BCUT2D eigenvalue weighted by Crippen LogP contribution is -2.22. The number of carbonyl (C=O) groups is 1. The number of amides is 1. The summed E-state index contributed by atoms with van der Waals surface area (Å²) in [5.74, 6) is -0.269. The maximum atomic E-state index is 11.4. The fourth-order valence-electron chi connectivity index (χ4n) is 1.76.